The van der Waals surface area contributed by atoms with Crippen molar-refractivity contribution in [2.75, 3.05) is 20.8 Å². The molecule has 32 heavy (non-hydrogen) atoms. The molecule has 3 aromatic carbocycles. The van der Waals surface area contributed by atoms with E-state index in [4.69, 9.17) is 19.2 Å². The molecule has 0 amide bonds. The fraction of sp³-hybridized carbons (Fsp3) is 0.200. The SMILES string of the molecule is COc1cccc(OC)c1OCCCn1c(-c2ccc(Br)cc2)nc2ccccc2c1=O. The predicted molar refractivity (Wildman–Crippen MR) is 129 cm³/mol. The third-order valence-electron chi connectivity index (χ3n) is 5.12. The molecule has 0 aliphatic rings. The van der Waals surface area contributed by atoms with Gasteiger partial charge in [-0.2, -0.15) is 0 Å². The molecule has 0 bridgehead atoms. The number of nitrogens with zero attached hydrogens (tertiary/aromatic N) is 2. The number of hydrogen-bond donors (Lipinski definition) is 0. The molecule has 0 aliphatic carbocycles. The number of rotatable bonds is 8. The van der Waals surface area contributed by atoms with Crippen LogP contribution in [0.2, 0.25) is 0 Å². The van der Waals surface area contributed by atoms with Crippen LogP contribution in [0.25, 0.3) is 22.3 Å². The molecule has 0 aliphatic heterocycles. The van der Waals surface area contributed by atoms with E-state index in [1.165, 1.54) is 0 Å². The molecule has 0 spiro atoms. The third kappa shape index (κ3) is 4.48. The first-order valence-electron chi connectivity index (χ1n) is 10.2. The fourth-order valence-corrected chi connectivity index (χ4v) is 3.82. The Morgan fingerprint density at radius 3 is 2.28 bits per heavy atom. The Kier molecular flexibility index (Phi) is 6.75. The molecule has 0 saturated carbocycles. The van der Waals surface area contributed by atoms with Gasteiger partial charge in [-0.3, -0.25) is 9.36 Å². The van der Waals surface area contributed by atoms with Gasteiger partial charge in [0.25, 0.3) is 5.56 Å². The summed E-state index contributed by atoms with van der Waals surface area (Å²) in [5.74, 6) is 2.39. The Hall–Kier alpha value is -3.32. The molecule has 6 nitrogen and oxygen atoms in total. The molecule has 0 radical (unpaired) electrons. The van der Waals surface area contributed by atoms with E-state index >= 15 is 0 Å². The van der Waals surface area contributed by atoms with Gasteiger partial charge in [0.05, 0.1) is 31.7 Å². The van der Waals surface area contributed by atoms with Crippen LogP contribution in [-0.4, -0.2) is 30.4 Å². The van der Waals surface area contributed by atoms with Crippen LogP contribution >= 0.6 is 15.9 Å². The molecular formula is C25H23BrN2O4. The maximum Gasteiger partial charge on any atom is 0.261 e. The quantitative estimate of drug-likeness (QED) is 0.310. The van der Waals surface area contributed by atoms with Crippen molar-refractivity contribution < 1.29 is 14.2 Å². The Morgan fingerprint density at radius 1 is 0.906 bits per heavy atom. The maximum atomic E-state index is 13.3. The molecule has 7 heteroatoms. The van der Waals surface area contributed by atoms with Crippen LogP contribution in [-0.2, 0) is 6.54 Å². The summed E-state index contributed by atoms with van der Waals surface area (Å²) >= 11 is 3.46. The van der Waals surface area contributed by atoms with Gasteiger partial charge in [0.2, 0.25) is 5.75 Å². The second-order valence-corrected chi connectivity index (χ2v) is 8.03. The Balaban J connectivity index is 1.62. The maximum absolute atomic E-state index is 13.3. The van der Waals surface area contributed by atoms with Crippen LogP contribution in [0.1, 0.15) is 6.42 Å². The molecule has 1 aromatic heterocycles. The van der Waals surface area contributed by atoms with Crippen LogP contribution < -0.4 is 19.8 Å². The van der Waals surface area contributed by atoms with Gasteiger partial charge in [0.1, 0.15) is 5.82 Å². The third-order valence-corrected chi connectivity index (χ3v) is 5.65. The summed E-state index contributed by atoms with van der Waals surface area (Å²) in [6, 6.07) is 20.7. The molecule has 4 aromatic rings. The molecule has 0 N–H and O–H groups in total. The highest BCUT2D eigenvalue weighted by atomic mass is 79.9. The predicted octanol–water partition coefficient (Wildman–Crippen LogP) is 5.31. The van der Waals surface area contributed by atoms with E-state index in [9.17, 15) is 4.79 Å². The van der Waals surface area contributed by atoms with Gasteiger partial charge in [-0.15, -0.1) is 0 Å². The van der Waals surface area contributed by atoms with Gasteiger partial charge in [-0.05, 0) is 42.8 Å². The van der Waals surface area contributed by atoms with Crippen LogP contribution in [0, 0.1) is 0 Å². The van der Waals surface area contributed by atoms with E-state index in [-0.39, 0.29) is 5.56 Å². The van der Waals surface area contributed by atoms with Gasteiger partial charge >= 0.3 is 0 Å². The number of para-hydroxylation sites is 2. The number of fused-ring (bicyclic) bond motifs is 1. The van der Waals surface area contributed by atoms with E-state index in [1.54, 1.807) is 18.8 Å². The average molecular weight is 495 g/mol. The summed E-state index contributed by atoms with van der Waals surface area (Å²) in [7, 11) is 3.18. The number of methoxy groups -OCH3 is 2. The van der Waals surface area contributed by atoms with Gasteiger partial charge < -0.3 is 14.2 Å². The average Bonchev–Trinajstić information content (AvgIpc) is 2.83. The summed E-state index contributed by atoms with van der Waals surface area (Å²) in [6.45, 7) is 0.843. The van der Waals surface area contributed by atoms with Crippen LogP contribution in [0.15, 0.2) is 76.0 Å². The highest BCUT2D eigenvalue weighted by Gasteiger charge is 2.14. The van der Waals surface area contributed by atoms with Gasteiger partial charge in [-0.25, -0.2) is 4.98 Å². The molecule has 1 heterocycles. The normalized spacial score (nSPS) is 10.8. The van der Waals surface area contributed by atoms with Crippen LogP contribution in [0.5, 0.6) is 17.2 Å². The summed E-state index contributed by atoms with van der Waals surface area (Å²) in [6.07, 6.45) is 0.602. The first-order valence-corrected chi connectivity index (χ1v) is 11.0. The highest BCUT2D eigenvalue weighted by Crippen LogP contribution is 2.36. The van der Waals surface area contributed by atoms with E-state index < -0.39 is 0 Å². The lowest BCUT2D eigenvalue weighted by Crippen LogP contribution is -2.24. The fourth-order valence-electron chi connectivity index (χ4n) is 3.55. The lowest BCUT2D eigenvalue weighted by Gasteiger charge is -2.16. The summed E-state index contributed by atoms with van der Waals surface area (Å²) < 4.78 is 19.4. The summed E-state index contributed by atoms with van der Waals surface area (Å²) in [5.41, 5.74) is 1.49. The minimum Gasteiger partial charge on any atom is -0.493 e. The van der Waals surface area contributed by atoms with Crippen molar-refractivity contribution in [3.8, 4) is 28.6 Å². The molecular weight excluding hydrogens is 472 g/mol. The van der Waals surface area contributed by atoms with E-state index in [2.05, 4.69) is 15.9 Å². The molecule has 0 unspecified atom stereocenters. The number of aromatic nitrogens is 2. The van der Waals surface area contributed by atoms with Crippen molar-refractivity contribution in [1.82, 2.24) is 9.55 Å². The highest BCUT2D eigenvalue weighted by molar-refractivity contribution is 9.10. The van der Waals surface area contributed by atoms with E-state index in [0.717, 1.165) is 10.0 Å². The number of ether oxygens (including phenoxy) is 3. The molecule has 0 fully saturated rings. The van der Waals surface area contributed by atoms with Gasteiger partial charge in [-0.1, -0.05) is 46.3 Å². The first kappa shape index (κ1) is 21.9. The number of benzene rings is 3. The standard InChI is InChI=1S/C25H23BrN2O4/c1-30-21-9-5-10-22(31-2)23(21)32-16-6-15-28-24(17-11-13-18(26)14-12-17)27-20-8-4-3-7-19(20)25(28)29/h3-5,7-14H,6,15-16H2,1-2H3. The lowest BCUT2D eigenvalue weighted by molar-refractivity contribution is 0.265. The lowest BCUT2D eigenvalue weighted by atomic mass is 10.1. The molecule has 164 valence electrons. The van der Waals surface area contributed by atoms with Crippen molar-refractivity contribution in [3.05, 3.63) is 81.6 Å². The zero-order chi connectivity index (χ0) is 22.5. The van der Waals surface area contributed by atoms with Gasteiger partial charge in [0, 0.05) is 16.6 Å². The second-order valence-electron chi connectivity index (χ2n) is 7.11. The van der Waals surface area contributed by atoms with Crippen molar-refractivity contribution in [2.24, 2.45) is 0 Å². The van der Waals surface area contributed by atoms with E-state index in [1.807, 2.05) is 66.7 Å². The van der Waals surface area contributed by atoms with Crippen LogP contribution in [0.3, 0.4) is 0 Å². The van der Waals surface area contributed by atoms with Gasteiger partial charge in [0.15, 0.2) is 11.5 Å². The zero-order valence-electron chi connectivity index (χ0n) is 17.9. The number of hydrogen-bond acceptors (Lipinski definition) is 5. The number of halogens is 1. The Morgan fingerprint density at radius 2 is 1.59 bits per heavy atom. The van der Waals surface area contributed by atoms with Crippen molar-refractivity contribution in [3.63, 3.8) is 0 Å². The van der Waals surface area contributed by atoms with E-state index in [0.29, 0.717) is 53.5 Å². The Bertz CT molecular complexity index is 1260. The van der Waals surface area contributed by atoms with Crippen molar-refractivity contribution in [1.29, 1.82) is 0 Å². The summed E-state index contributed by atoms with van der Waals surface area (Å²) in [5, 5.41) is 0.598. The largest absolute Gasteiger partial charge is 0.493 e. The monoisotopic (exact) mass is 494 g/mol. The van der Waals surface area contributed by atoms with Crippen molar-refractivity contribution >= 4 is 26.8 Å². The second kappa shape index (κ2) is 9.87. The minimum atomic E-state index is -0.0663. The Labute approximate surface area is 194 Å². The smallest absolute Gasteiger partial charge is 0.261 e. The molecule has 0 saturated heterocycles. The summed E-state index contributed by atoms with van der Waals surface area (Å²) in [4.78, 5) is 18.1. The molecule has 0 atom stereocenters. The molecule has 4 rings (SSSR count). The topological polar surface area (TPSA) is 62.6 Å². The minimum absolute atomic E-state index is 0.0663. The van der Waals surface area contributed by atoms with Crippen molar-refractivity contribution in [2.45, 2.75) is 13.0 Å². The zero-order valence-corrected chi connectivity index (χ0v) is 19.5. The first-order chi connectivity index (χ1) is 15.6. The van der Waals surface area contributed by atoms with Crippen LogP contribution in [0.4, 0.5) is 0 Å².